The molecule has 0 rings (SSSR count). The summed E-state index contributed by atoms with van der Waals surface area (Å²) < 4.78 is 0. The summed E-state index contributed by atoms with van der Waals surface area (Å²) in [5.41, 5.74) is 0. The van der Waals surface area contributed by atoms with Crippen LogP contribution in [0.4, 0.5) is 0 Å². The van der Waals surface area contributed by atoms with E-state index in [0.29, 0.717) is 0 Å². The van der Waals surface area contributed by atoms with Gasteiger partial charge in [-0.3, -0.25) is 0 Å². The van der Waals surface area contributed by atoms with Crippen LogP contribution in [0.1, 0.15) is 0 Å². The van der Waals surface area contributed by atoms with Crippen LogP contribution in [0.3, 0.4) is 0 Å². The fourth-order valence-electron chi connectivity index (χ4n) is 0. The minimum absolute atomic E-state index is 0. The molecule has 0 saturated carbocycles. The molecule has 2 radical (unpaired) electrons. The SMILES string of the molecule is [O-][PH+]([O-])[O-].[Sn+2]. The van der Waals surface area contributed by atoms with Crippen molar-refractivity contribution in [3.05, 3.63) is 0 Å². The molecule has 0 aliphatic rings. The summed E-state index contributed by atoms with van der Waals surface area (Å²) in [5, 5.41) is 0. The van der Waals surface area contributed by atoms with Gasteiger partial charge in [-0.25, -0.2) is 0 Å². The quantitative estimate of drug-likeness (QED) is 0.302. The molecule has 5 heteroatoms. The third-order valence-corrected chi connectivity index (χ3v) is 0. The Morgan fingerprint density at radius 2 is 1.00 bits per heavy atom. The molecule has 3 nitrogen and oxygen atoms in total. The van der Waals surface area contributed by atoms with E-state index in [2.05, 4.69) is 0 Å². The maximum Gasteiger partial charge on any atom is 2.00 e. The normalized spacial score (nSPS) is 7.20. The fourth-order valence-corrected chi connectivity index (χ4v) is 0. The van der Waals surface area contributed by atoms with Crippen LogP contribution in [0.15, 0.2) is 0 Å². The van der Waals surface area contributed by atoms with E-state index >= 15 is 0 Å². The molecular formula is HO3PSn. The summed E-state index contributed by atoms with van der Waals surface area (Å²) >= 11 is 0. The molecule has 0 aromatic carbocycles. The van der Waals surface area contributed by atoms with Crippen molar-refractivity contribution >= 4 is 32.5 Å². The third-order valence-electron chi connectivity index (χ3n) is 0. The van der Waals surface area contributed by atoms with Crippen molar-refractivity contribution in [3.63, 3.8) is 0 Å². The van der Waals surface area contributed by atoms with Crippen LogP contribution >= 0.6 is 8.60 Å². The van der Waals surface area contributed by atoms with Gasteiger partial charge in [-0.05, 0) is 0 Å². The summed E-state index contributed by atoms with van der Waals surface area (Å²) in [6.07, 6.45) is 0. The van der Waals surface area contributed by atoms with E-state index in [4.69, 9.17) is 14.7 Å². The number of hydrogen-bond acceptors (Lipinski definition) is 3. The van der Waals surface area contributed by atoms with Crippen molar-refractivity contribution in [2.24, 2.45) is 0 Å². The van der Waals surface area contributed by atoms with Crippen molar-refractivity contribution in [3.8, 4) is 0 Å². The average Bonchev–Trinajstić information content (AvgIpc) is 0.811. The molecule has 0 N–H and O–H groups in total. The Balaban J connectivity index is 0. The van der Waals surface area contributed by atoms with Gasteiger partial charge in [0.15, 0.2) is 0 Å². The first-order valence-electron chi connectivity index (χ1n) is 0.612. The Kier molecular flexibility index (Phi) is 9.65. The zero-order valence-corrected chi connectivity index (χ0v) is 6.08. The summed E-state index contributed by atoms with van der Waals surface area (Å²) in [6.45, 7) is 0. The number of rotatable bonds is 0. The Morgan fingerprint density at radius 3 is 1.00 bits per heavy atom. The Hall–Kier alpha value is 1.11. The Bertz CT molecular complexity index is 11.6. The van der Waals surface area contributed by atoms with Gasteiger partial charge >= 0.3 is 23.9 Å². The molecule has 0 atom stereocenters. The van der Waals surface area contributed by atoms with Crippen molar-refractivity contribution < 1.29 is 14.7 Å². The Morgan fingerprint density at radius 1 is 1.00 bits per heavy atom. The molecule has 0 aliphatic heterocycles. The maximum atomic E-state index is 8.52. The maximum absolute atomic E-state index is 8.52. The van der Waals surface area contributed by atoms with E-state index in [1.807, 2.05) is 0 Å². The summed E-state index contributed by atoms with van der Waals surface area (Å²) in [7, 11) is -3.63. The Labute approximate surface area is 47.6 Å². The molecule has 0 aromatic rings. The topological polar surface area (TPSA) is 69.2 Å². The molecule has 0 unspecified atom stereocenters. The minimum Gasteiger partial charge on any atom is -0.690 e. The second kappa shape index (κ2) is 5.11. The van der Waals surface area contributed by atoms with Crippen molar-refractivity contribution in [1.29, 1.82) is 0 Å². The molecule has 28 valence electrons. The van der Waals surface area contributed by atoms with Gasteiger partial charge < -0.3 is 14.7 Å². The first-order chi connectivity index (χ1) is 1.73. The molecule has 0 spiro atoms. The van der Waals surface area contributed by atoms with E-state index < -0.39 is 8.60 Å². The molecule has 0 fully saturated rings. The molecule has 0 aromatic heterocycles. The van der Waals surface area contributed by atoms with E-state index in [1.54, 1.807) is 0 Å². The first kappa shape index (κ1) is 9.44. The van der Waals surface area contributed by atoms with Crippen LogP contribution in [0, 0.1) is 0 Å². The smallest absolute Gasteiger partial charge is 0.690 e. The zero-order valence-electron chi connectivity index (χ0n) is 2.22. The van der Waals surface area contributed by atoms with Crippen LogP contribution in [0.25, 0.3) is 0 Å². The van der Waals surface area contributed by atoms with Gasteiger partial charge in [0.2, 0.25) is 0 Å². The van der Waals surface area contributed by atoms with Gasteiger partial charge in [0.05, 0.1) is 0 Å². The van der Waals surface area contributed by atoms with Gasteiger partial charge in [0.1, 0.15) is 0 Å². The summed E-state index contributed by atoms with van der Waals surface area (Å²) in [4.78, 5) is 25.6. The average molecular weight is 199 g/mol. The van der Waals surface area contributed by atoms with Crippen molar-refractivity contribution in [2.75, 3.05) is 0 Å². The van der Waals surface area contributed by atoms with Crippen LogP contribution in [0.5, 0.6) is 0 Å². The second-order valence-corrected chi connectivity index (χ2v) is 0.750. The second-order valence-electron chi connectivity index (χ2n) is 0.250. The fraction of sp³-hybridized carbons (Fsp3) is 0. The van der Waals surface area contributed by atoms with Crippen LogP contribution in [0.2, 0.25) is 0 Å². The molecule has 0 bridgehead atoms. The number of hydrogen-bond donors (Lipinski definition) is 0. The van der Waals surface area contributed by atoms with Crippen molar-refractivity contribution in [2.45, 2.75) is 0 Å². The molecule has 0 aliphatic carbocycles. The van der Waals surface area contributed by atoms with Gasteiger partial charge in [-0.2, -0.15) is 8.60 Å². The predicted octanol–water partition coefficient (Wildman–Crippen LogP) is -3.35. The summed E-state index contributed by atoms with van der Waals surface area (Å²) in [6, 6.07) is 0. The standard InChI is InChI=1S/HO3P.Sn/c1-4(2)3;/h4H;/q-2;+2. The monoisotopic (exact) mass is 200 g/mol. The first-order valence-corrected chi connectivity index (χ1v) is 1.84. The van der Waals surface area contributed by atoms with Gasteiger partial charge in [-0.15, -0.1) is 0 Å². The molecule has 0 heterocycles. The van der Waals surface area contributed by atoms with Gasteiger partial charge in [-0.1, -0.05) is 0 Å². The van der Waals surface area contributed by atoms with Crippen LogP contribution in [-0.4, -0.2) is 23.9 Å². The summed E-state index contributed by atoms with van der Waals surface area (Å²) in [5.74, 6) is 0. The van der Waals surface area contributed by atoms with E-state index in [-0.39, 0.29) is 23.9 Å². The van der Waals surface area contributed by atoms with Gasteiger partial charge in [0.25, 0.3) is 0 Å². The van der Waals surface area contributed by atoms with Crippen LogP contribution in [-0.2, 0) is 0 Å². The zero-order chi connectivity index (χ0) is 3.58. The predicted molar refractivity (Wildman–Crippen MR) is 14.1 cm³/mol. The van der Waals surface area contributed by atoms with Crippen molar-refractivity contribution in [1.82, 2.24) is 0 Å². The third kappa shape index (κ3) is 40.2. The van der Waals surface area contributed by atoms with Crippen LogP contribution < -0.4 is 14.7 Å². The molecule has 5 heavy (non-hydrogen) atoms. The molecule has 0 amide bonds. The largest absolute Gasteiger partial charge is 2.00 e. The van der Waals surface area contributed by atoms with E-state index in [9.17, 15) is 0 Å². The van der Waals surface area contributed by atoms with Gasteiger partial charge in [0, 0.05) is 0 Å². The molecular weight excluding hydrogens is 198 g/mol. The minimum atomic E-state index is -3.63. The molecule has 0 saturated heterocycles. The van der Waals surface area contributed by atoms with E-state index in [1.165, 1.54) is 0 Å². The van der Waals surface area contributed by atoms with E-state index in [0.717, 1.165) is 0 Å².